The zero-order valence-corrected chi connectivity index (χ0v) is 18.6. The molecule has 1 aliphatic heterocycles. The van der Waals surface area contributed by atoms with Gasteiger partial charge in [-0.2, -0.15) is 0 Å². The Morgan fingerprint density at radius 3 is 2.50 bits per heavy atom. The maximum Gasteiger partial charge on any atom is 0.191 e. The number of nitrogens with zero attached hydrogens (tertiary/aromatic N) is 1. The van der Waals surface area contributed by atoms with E-state index in [0.29, 0.717) is 6.42 Å². The molecule has 146 valence electrons. The lowest BCUT2D eigenvalue weighted by Crippen LogP contribution is -2.44. The van der Waals surface area contributed by atoms with Gasteiger partial charge in [0.05, 0.1) is 18.1 Å². The molecule has 1 heterocycles. The van der Waals surface area contributed by atoms with Crippen molar-refractivity contribution in [2.24, 2.45) is 4.99 Å². The van der Waals surface area contributed by atoms with Gasteiger partial charge in [0.25, 0.3) is 0 Å². The molecule has 1 aliphatic carbocycles. The van der Waals surface area contributed by atoms with Crippen LogP contribution in [-0.4, -0.2) is 45.0 Å². The average Bonchev–Trinajstić information content (AvgIpc) is 3.21. The van der Waals surface area contributed by atoms with Gasteiger partial charge in [-0.3, -0.25) is 4.99 Å². The van der Waals surface area contributed by atoms with Crippen LogP contribution >= 0.6 is 24.0 Å². The summed E-state index contributed by atoms with van der Waals surface area (Å²) in [5.41, 5.74) is 1.49. The van der Waals surface area contributed by atoms with Gasteiger partial charge in [0.15, 0.2) is 15.8 Å². The molecule has 0 amide bonds. The number of hydrogen-bond acceptors (Lipinski definition) is 3. The van der Waals surface area contributed by atoms with E-state index in [2.05, 4.69) is 41.0 Å². The Bertz CT molecular complexity index is 701. The number of aliphatic imine (C=N–C) groups is 1. The van der Waals surface area contributed by atoms with Crippen LogP contribution in [0.4, 0.5) is 0 Å². The summed E-state index contributed by atoms with van der Waals surface area (Å²) in [6.07, 6.45) is 5.48. The molecule has 1 atom stereocenters. The summed E-state index contributed by atoms with van der Waals surface area (Å²) in [7, 11) is -2.89. The molecule has 0 radical (unpaired) electrons. The van der Waals surface area contributed by atoms with Gasteiger partial charge in [0, 0.05) is 18.0 Å². The first-order chi connectivity index (χ1) is 12.0. The third-order valence-electron chi connectivity index (χ3n) is 5.40. The van der Waals surface area contributed by atoms with E-state index < -0.39 is 9.84 Å². The predicted molar refractivity (Wildman–Crippen MR) is 118 cm³/mol. The van der Waals surface area contributed by atoms with Gasteiger partial charge in [-0.25, -0.2) is 8.42 Å². The van der Waals surface area contributed by atoms with Crippen molar-refractivity contribution in [3.63, 3.8) is 0 Å². The predicted octanol–water partition coefficient (Wildman–Crippen LogP) is 2.86. The first-order valence-electron chi connectivity index (χ1n) is 9.34. The Labute approximate surface area is 174 Å². The molecule has 5 nitrogen and oxygen atoms in total. The summed E-state index contributed by atoms with van der Waals surface area (Å²) in [6.45, 7) is 3.54. The number of halogens is 1. The van der Waals surface area contributed by atoms with Crippen LogP contribution in [0.2, 0.25) is 0 Å². The quantitative estimate of drug-likeness (QED) is 0.378. The van der Waals surface area contributed by atoms with Crippen LogP contribution in [0.5, 0.6) is 0 Å². The molecule has 26 heavy (non-hydrogen) atoms. The van der Waals surface area contributed by atoms with Crippen molar-refractivity contribution in [3.8, 4) is 0 Å². The van der Waals surface area contributed by atoms with E-state index in [0.717, 1.165) is 31.9 Å². The van der Waals surface area contributed by atoms with E-state index in [1.807, 2.05) is 6.92 Å². The van der Waals surface area contributed by atoms with E-state index >= 15 is 0 Å². The molecular weight excluding hydrogens is 461 g/mol. The fraction of sp³-hybridized carbons (Fsp3) is 0.632. The minimum atomic E-state index is -2.89. The van der Waals surface area contributed by atoms with E-state index in [9.17, 15) is 8.42 Å². The topological polar surface area (TPSA) is 70.6 Å². The highest BCUT2D eigenvalue weighted by molar-refractivity contribution is 14.0. The fourth-order valence-electron chi connectivity index (χ4n) is 4.03. The Hall–Kier alpha value is -0.830. The van der Waals surface area contributed by atoms with Crippen molar-refractivity contribution >= 4 is 39.8 Å². The van der Waals surface area contributed by atoms with Crippen molar-refractivity contribution in [1.82, 2.24) is 10.6 Å². The molecule has 1 aromatic carbocycles. The standard InChI is InChI=1S/C19H29N3O2S.HI/c1-2-20-18(22-17-10-13-25(23,24)14-17)21-15-19(11-6-7-12-19)16-8-4-3-5-9-16;/h3-5,8-9,17H,2,6-7,10-15H2,1H3,(H2,20,21,22);1H. The highest BCUT2D eigenvalue weighted by Crippen LogP contribution is 2.41. The van der Waals surface area contributed by atoms with E-state index in [4.69, 9.17) is 4.99 Å². The second-order valence-electron chi connectivity index (χ2n) is 7.29. The number of sulfone groups is 1. The Balaban J connectivity index is 0.00000243. The summed E-state index contributed by atoms with van der Waals surface area (Å²) >= 11 is 0. The smallest absolute Gasteiger partial charge is 0.191 e. The van der Waals surface area contributed by atoms with Gasteiger partial charge in [-0.05, 0) is 31.7 Å². The third kappa shape index (κ3) is 5.34. The van der Waals surface area contributed by atoms with Gasteiger partial charge < -0.3 is 10.6 Å². The van der Waals surface area contributed by atoms with Gasteiger partial charge in [-0.15, -0.1) is 24.0 Å². The van der Waals surface area contributed by atoms with Crippen LogP contribution in [0.1, 0.15) is 44.6 Å². The molecule has 2 fully saturated rings. The van der Waals surface area contributed by atoms with Crippen molar-refractivity contribution < 1.29 is 8.42 Å². The largest absolute Gasteiger partial charge is 0.357 e. The second kappa shape index (κ2) is 9.39. The summed E-state index contributed by atoms with van der Waals surface area (Å²) in [5.74, 6) is 1.23. The molecule has 0 bridgehead atoms. The Kier molecular flexibility index (Phi) is 7.76. The second-order valence-corrected chi connectivity index (χ2v) is 9.52. The van der Waals surface area contributed by atoms with Crippen LogP contribution in [0.15, 0.2) is 35.3 Å². The van der Waals surface area contributed by atoms with E-state index in [1.165, 1.54) is 18.4 Å². The first-order valence-corrected chi connectivity index (χ1v) is 11.2. The monoisotopic (exact) mass is 491 g/mol. The molecule has 7 heteroatoms. The number of nitrogens with one attached hydrogen (secondary N) is 2. The van der Waals surface area contributed by atoms with Crippen LogP contribution < -0.4 is 10.6 Å². The molecule has 0 spiro atoms. The SMILES string of the molecule is CCNC(=NCC1(c2ccccc2)CCCC1)NC1CCS(=O)(=O)C1.I. The van der Waals surface area contributed by atoms with E-state index in [-0.39, 0.29) is 46.9 Å². The highest BCUT2D eigenvalue weighted by atomic mass is 127. The lowest BCUT2D eigenvalue weighted by Gasteiger charge is -2.28. The minimum Gasteiger partial charge on any atom is -0.357 e. The van der Waals surface area contributed by atoms with Gasteiger partial charge in [0.2, 0.25) is 0 Å². The molecule has 0 aromatic heterocycles. The lowest BCUT2D eigenvalue weighted by molar-refractivity contribution is 0.452. The molecule has 3 rings (SSSR count). The summed E-state index contributed by atoms with van der Waals surface area (Å²) in [5, 5.41) is 6.60. The van der Waals surface area contributed by atoms with Crippen LogP contribution in [0.3, 0.4) is 0 Å². The maximum atomic E-state index is 11.7. The summed E-state index contributed by atoms with van der Waals surface area (Å²) in [4.78, 5) is 4.85. The average molecular weight is 491 g/mol. The molecule has 1 saturated carbocycles. The lowest BCUT2D eigenvalue weighted by atomic mass is 9.79. The zero-order valence-electron chi connectivity index (χ0n) is 15.4. The molecule has 1 aromatic rings. The van der Waals surface area contributed by atoms with Crippen LogP contribution in [-0.2, 0) is 15.3 Å². The number of hydrogen-bond donors (Lipinski definition) is 2. The highest BCUT2D eigenvalue weighted by Gasteiger charge is 2.35. The third-order valence-corrected chi connectivity index (χ3v) is 7.17. The normalized spacial score (nSPS) is 24.0. The zero-order chi connectivity index (χ0) is 17.8. The van der Waals surface area contributed by atoms with Crippen LogP contribution in [0.25, 0.3) is 0 Å². The van der Waals surface area contributed by atoms with Crippen molar-refractivity contribution in [3.05, 3.63) is 35.9 Å². The van der Waals surface area contributed by atoms with Gasteiger partial charge >= 0.3 is 0 Å². The van der Waals surface area contributed by atoms with Crippen molar-refractivity contribution in [1.29, 1.82) is 0 Å². The summed E-state index contributed by atoms with van der Waals surface area (Å²) < 4.78 is 23.4. The fourth-order valence-corrected chi connectivity index (χ4v) is 5.71. The maximum absolute atomic E-state index is 11.7. The van der Waals surface area contributed by atoms with Gasteiger partial charge in [0.1, 0.15) is 0 Å². The summed E-state index contributed by atoms with van der Waals surface area (Å²) in [6, 6.07) is 10.7. The number of rotatable bonds is 5. The Morgan fingerprint density at radius 2 is 1.92 bits per heavy atom. The number of guanidine groups is 1. The molecule has 2 aliphatic rings. The molecule has 2 N–H and O–H groups in total. The van der Waals surface area contributed by atoms with Crippen LogP contribution in [0, 0.1) is 0 Å². The van der Waals surface area contributed by atoms with Crippen molar-refractivity contribution in [2.75, 3.05) is 24.6 Å². The van der Waals surface area contributed by atoms with Crippen molar-refractivity contribution in [2.45, 2.75) is 50.5 Å². The molecular formula is C19H30IN3O2S. The molecule has 1 saturated heterocycles. The Morgan fingerprint density at radius 1 is 1.23 bits per heavy atom. The number of benzene rings is 1. The molecule has 1 unspecified atom stereocenters. The first kappa shape index (κ1) is 21.5. The minimum absolute atomic E-state index is 0. The van der Waals surface area contributed by atoms with Gasteiger partial charge in [-0.1, -0.05) is 43.2 Å². The van der Waals surface area contributed by atoms with E-state index in [1.54, 1.807) is 0 Å².